The minimum absolute atomic E-state index is 0.231. The fraction of sp³-hybridized carbons (Fsp3) is 0.300. The number of amides is 1. The van der Waals surface area contributed by atoms with E-state index in [9.17, 15) is 9.90 Å². The van der Waals surface area contributed by atoms with Gasteiger partial charge >= 0.3 is 0 Å². The molecule has 0 atom stereocenters. The van der Waals surface area contributed by atoms with Crippen molar-refractivity contribution in [3.63, 3.8) is 0 Å². The third kappa shape index (κ3) is 3.74. The third-order valence-corrected chi connectivity index (χ3v) is 5.69. The van der Waals surface area contributed by atoms with Gasteiger partial charge in [-0.2, -0.15) is 0 Å². The first kappa shape index (κ1) is 17.8. The molecule has 4 rings (SSSR count). The van der Waals surface area contributed by atoms with Crippen LogP contribution in [0.25, 0.3) is 10.8 Å². The average Bonchev–Trinajstić information content (AvgIpc) is 3.32. The second-order valence-corrected chi connectivity index (χ2v) is 7.79. The van der Waals surface area contributed by atoms with Crippen molar-refractivity contribution in [2.24, 2.45) is 0 Å². The molecule has 1 aromatic carbocycles. The van der Waals surface area contributed by atoms with Crippen molar-refractivity contribution in [2.75, 3.05) is 23.3 Å². The topological polar surface area (TPSA) is 78.6 Å². The highest BCUT2D eigenvalue weighted by Crippen LogP contribution is 2.31. The summed E-state index contributed by atoms with van der Waals surface area (Å²) in [5.41, 5.74) is 2.14. The normalized spacial score (nSPS) is 15.1. The Balaban J connectivity index is 1.55. The van der Waals surface area contributed by atoms with E-state index in [4.69, 9.17) is 4.42 Å². The molecule has 0 radical (unpaired) electrons. The first-order valence-electron chi connectivity index (χ1n) is 8.96. The van der Waals surface area contributed by atoms with E-state index < -0.39 is 0 Å². The maximum absolute atomic E-state index is 12.8. The molecule has 0 unspecified atom stereocenters. The number of benzene rings is 1. The van der Waals surface area contributed by atoms with E-state index in [1.807, 2.05) is 37.3 Å². The van der Waals surface area contributed by atoms with Crippen molar-refractivity contribution in [3.05, 3.63) is 53.2 Å². The minimum Gasteiger partial charge on any atom is -0.462 e. The number of rotatable bonds is 4. The van der Waals surface area contributed by atoms with Crippen LogP contribution in [0, 0.1) is 6.92 Å². The van der Waals surface area contributed by atoms with Crippen LogP contribution in [0.5, 0.6) is 0 Å². The maximum atomic E-state index is 12.8. The van der Waals surface area contributed by atoms with Crippen LogP contribution in [-0.2, 0) is 0 Å². The highest BCUT2D eigenvalue weighted by Gasteiger charge is 2.22. The van der Waals surface area contributed by atoms with Crippen molar-refractivity contribution >= 4 is 28.6 Å². The van der Waals surface area contributed by atoms with Crippen LogP contribution >= 0.6 is 11.3 Å². The van der Waals surface area contributed by atoms with Crippen LogP contribution in [0.2, 0.25) is 0 Å². The zero-order valence-electron chi connectivity index (χ0n) is 15.0. The number of para-hydroxylation sites is 2. The molecule has 0 aliphatic carbocycles. The largest absolute Gasteiger partial charge is 0.462 e. The van der Waals surface area contributed by atoms with Gasteiger partial charge in [0.15, 0.2) is 10.8 Å². The molecule has 27 heavy (non-hydrogen) atoms. The highest BCUT2D eigenvalue weighted by atomic mass is 32.1. The number of aromatic nitrogens is 1. The molecule has 3 aromatic rings. The molecule has 1 aliphatic rings. The van der Waals surface area contributed by atoms with Gasteiger partial charge < -0.3 is 19.7 Å². The number of hydrogen-bond donors (Lipinski definition) is 2. The molecular weight excluding hydrogens is 362 g/mol. The molecule has 140 valence electrons. The summed E-state index contributed by atoms with van der Waals surface area (Å²) in [5.74, 6) is 0.431. The van der Waals surface area contributed by atoms with E-state index >= 15 is 0 Å². The number of thiazole rings is 1. The van der Waals surface area contributed by atoms with E-state index in [0.29, 0.717) is 16.5 Å². The van der Waals surface area contributed by atoms with Gasteiger partial charge in [-0.3, -0.25) is 4.79 Å². The minimum atomic E-state index is -0.235. The summed E-state index contributed by atoms with van der Waals surface area (Å²) in [5, 5.41) is 13.4. The number of aliphatic hydroxyl groups is 1. The third-order valence-electron chi connectivity index (χ3n) is 4.70. The predicted molar refractivity (Wildman–Crippen MR) is 106 cm³/mol. The summed E-state index contributed by atoms with van der Waals surface area (Å²) < 4.78 is 5.38. The molecule has 1 aliphatic heterocycles. The fourth-order valence-corrected chi connectivity index (χ4v) is 4.13. The zero-order valence-corrected chi connectivity index (χ0v) is 15.8. The highest BCUT2D eigenvalue weighted by molar-refractivity contribution is 7.15. The lowest BCUT2D eigenvalue weighted by atomic mass is 10.1. The van der Waals surface area contributed by atoms with Gasteiger partial charge in [0.25, 0.3) is 5.91 Å². The molecular formula is C20H21N3O3S. The van der Waals surface area contributed by atoms with Crippen molar-refractivity contribution in [1.82, 2.24) is 4.98 Å². The smallest absolute Gasteiger partial charge is 0.275 e. The molecule has 1 fully saturated rings. The Morgan fingerprint density at radius 3 is 2.78 bits per heavy atom. The van der Waals surface area contributed by atoms with Gasteiger partial charge in [0.1, 0.15) is 5.69 Å². The van der Waals surface area contributed by atoms with Crippen LogP contribution < -0.4 is 10.2 Å². The first-order chi connectivity index (χ1) is 13.1. The quantitative estimate of drug-likeness (QED) is 0.714. The summed E-state index contributed by atoms with van der Waals surface area (Å²) in [4.78, 5) is 20.4. The number of furan rings is 1. The lowest BCUT2D eigenvalue weighted by Crippen LogP contribution is -2.36. The molecule has 3 heterocycles. The second-order valence-electron chi connectivity index (χ2n) is 6.59. The fourth-order valence-electron chi connectivity index (χ4n) is 3.26. The lowest BCUT2D eigenvalue weighted by Gasteiger charge is -2.32. The Bertz CT molecular complexity index is 928. The molecule has 1 saturated heterocycles. The molecule has 2 aromatic heterocycles. The predicted octanol–water partition coefficient (Wildman–Crippen LogP) is 3.92. The first-order valence-corrected chi connectivity index (χ1v) is 9.78. The number of nitrogens with zero attached hydrogens (tertiary/aromatic N) is 2. The Morgan fingerprint density at radius 2 is 2.04 bits per heavy atom. The molecule has 6 nitrogen and oxygen atoms in total. The van der Waals surface area contributed by atoms with Crippen molar-refractivity contribution in [1.29, 1.82) is 0 Å². The van der Waals surface area contributed by atoms with Crippen molar-refractivity contribution in [3.8, 4) is 10.8 Å². The van der Waals surface area contributed by atoms with Gasteiger partial charge in [-0.25, -0.2) is 4.98 Å². The van der Waals surface area contributed by atoms with Crippen LogP contribution in [-0.4, -0.2) is 35.2 Å². The van der Waals surface area contributed by atoms with Crippen LogP contribution in [0.3, 0.4) is 0 Å². The zero-order chi connectivity index (χ0) is 18.8. The summed E-state index contributed by atoms with van der Waals surface area (Å²) in [7, 11) is 0. The van der Waals surface area contributed by atoms with Crippen LogP contribution in [0.1, 0.15) is 28.2 Å². The van der Waals surface area contributed by atoms with Gasteiger partial charge in [0.05, 0.1) is 23.7 Å². The Morgan fingerprint density at radius 1 is 1.26 bits per heavy atom. The lowest BCUT2D eigenvalue weighted by molar-refractivity contribution is 0.102. The number of carbonyl (C=O) groups excluding carboxylic acids is 1. The number of anilines is 2. The Kier molecular flexibility index (Phi) is 4.96. The maximum Gasteiger partial charge on any atom is 0.275 e. The number of nitrogens with one attached hydrogen (secondary N) is 1. The molecule has 0 saturated carbocycles. The van der Waals surface area contributed by atoms with Gasteiger partial charge in [-0.1, -0.05) is 12.1 Å². The number of hydrogen-bond acceptors (Lipinski definition) is 6. The van der Waals surface area contributed by atoms with Gasteiger partial charge in [0.2, 0.25) is 0 Å². The Hall–Kier alpha value is -2.64. The average molecular weight is 383 g/mol. The van der Waals surface area contributed by atoms with E-state index in [2.05, 4.69) is 15.2 Å². The summed E-state index contributed by atoms with van der Waals surface area (Å²) in [6, 6.07) is 11.4. The Labute approximate surface area is 161 Å². The number of aryl methyl sites for hydroxylation is 1. The van der Waals surface area contributed by atoms with Gasteiger partial charge in [-0.15, -0.1) is 11.3 Å². The van der Waals surface area contributed by atoms with Gasteiger partial charge in [0, 0.05) is 18.0 Å². The van der Waals surface area contributed by atoms with Gasteiger partial charge in [-0.05, 0) is 44.0 Å². The van der Waals surface area contributed by atoms with E-state index in [0.717, 1.165) is 42.2 Å². The van der Waals surface area contributed by atoms with E-state index in [1.165, 1.54) is 11.3 Å². The number of aliphatic hydroxyl groups excluding tert-OH is 1. The number of piperidine rings is 1. The molecule has 1 amide bonds. The SMILES string of the molecule is Cc1sc(-c2ccco2)nc1C(=O)Nc1ccccc1N1CCC(O)CC1. The number of carbonyl (C=O) groups is 1. The summed E-state index contributed by atoms with van der Waals surface area (Å²) >= 11 is 1.44. The summed E-state index contributed by atoms with van der Waals surface area (Å²) in [6.07, 6.45) is 2.83. The standard InChI is InChI=1S/C20H21N3O3S/c1-13-18(22-20(27-13)17-7-4-12-26-17)19(25)21-15-5-2-3-6-16(15)23-10-8-14(24)9-11-23/h2-7,12,14,24H,8-11H2,1H3,(H,21,25). The van der Waals surface area contributed by atoms with Crippen molar-refractivity contribution < 1.29 is 14.3 Å². The molecule has 2 N–H and O–H groups in total. The van der Waals surface area contributed by atoms with Crippen LogP contribution in [0.4, 0.5) is 11.4 Å². The molecule has 7 heteroatoms. The molecule has 0 spiro atoms. The van der Waals surface area contributed by atoms with E-state index in [-0.39, 0.29) is 12.0 Å². The molecule has 0 bridgehead atoms. The van der Waals surface area contributed by atoms with E-state index in [1.54, 1.807) is 12.3 Å². The second kappa shape index (κ2) is 7.54. The van der Waals surface area contributed by atoms with Crippen LogP contribution in [0.15, 0.2) is 47.1 Å². The van der Waals surface area contributed by atoms with Crippen molar-refractivity contribution in [2.45, 2.75) is 25.9 Å². The monoisotopic (exact) mass is 383 g/mol. The summed E-state index contributed by atoms with van der Waals surface area (Å²) in [6.45, 7) is 3.43.